The van der Waals surface area contributed by atoms with Gasteiger partial charge >= 0.3 is 0 Å². The number of allylic oxidation sites excluding steroid dienone is 1. The van der Waals surface area contributed by atoms with E-state index in [0.29, 0.717) is 4.47 Å². The molecular formula is C15H19BrFN. The van der Waals surface area contributed by atoms with Crippen molar-refractivity contribution in [2.24, 2.45) is 5.73 Å². The quantitative estimate of drug-likeness (QED) is 0.775. The number of benzene rings is 1. The van der Waals surface area contributed by atoms with E-state index in [9.17, 15) is 4.39 Å². The van der Waals surface area contributed by atoms with Crippen LogP contribution < -0.4 is 5.73 Å². The Kier molecular flexibility index (Phi) is 4.95. The van der Waals surface area contributed by atoms with E-state index in [4.69, 9.17) is 5.73 Å². The predicted molar refractivity (Wildman–Crippen MR) is 76.8 cm³/mol. The Morgan fingerprint density at radius 3 is 2.72 bits per heavy atom. The van der Waals surface area contributed by atoms with Gasteiger partial charge in [0.15, 0.2) is 0 Å². The molecule has 1 nitrogen and oxygen atoms in total. The summed E-state index contributed by atoms with van der Waals surface area (Å²) in [7, 11) is 0. The van der Waals surface area contributed by atoms with Crippen molar-refractivity contribution in [3.05, 3.63) is 45.7 Å². The largest absolute Gasteiger partial charge is 0.321 e. The van der Waals surface area contributed by atoms with Gasteiger partial charge in [0.05, 0.1) is 10.5 Å². The van der Waals surface area contributed by atoms with Crippen molar-refractivity contribution in [2.45, 2.75) is 44.6 Å². The molecule has 0 amide bonds. The molecule has 2 rings (SSSR count). The summed E-state index contributed by atoms with van der Waals surface area (Å²) in [6, 6.07) is 5.01. The molecule has 3 heteroatoms. The van der Waals surface area contributed by atoms with Gasteiger partial charge in [-0.1, -0.05) is 30.6 Å². The number of hydrogen-bond acceptors (Lipinski definition) is 1. The molecule has 1 aromatic carbocycles. The Morgan fingerprint density at radius 1 is 1.17 bits per heavy atom. The average molecular weight is 312 g/mol. The smallest absolute Gasteiger partial charge is 0.137 e. The number of halogens is 2. The Bertz CT molecular complexity index is 442. The van der Waals surface area contributed by atoms with Gasteiger partial charge in [0.2, 0.25) is 0 Å². The van der Waals surface area contributed by atoms with Crippen LogP contribution in [0, 0.1) is 5.82 Å². The Morgan fingerprint density at radius 2 is 1.94 bits per heavy atom. The van der Waals surface area contributed by atoms with Crippen molar-refractivity contribution >= 4 is 15.9 Å². The van der Waals surface area contributed by atoms with E-state index in [1.165, 1.54) is 37.3 Å². The lowest BCUT2D eigenvalue weighted by Gasteiger charge is -2.19. The van der Waals surface area contributed by atoms with Gasteiger partial charge in [-0.05, 0) is 59.3 Å². The van der Waals surface area contributed by atoms with Crippen LogP contribution in [0.5, 0.6) is 0 Å². The van der Waals surface area contributed by atoms with Crippen LogP contribution >= 0.6 is 15.9 Å². The lowest BCUT2D eigenvalue weighted by atomic mass is 9.91. The molecule has 0 saturated carbocycles. The van der Waals surface area contributed by atoms with Crippen LogP contribution in [0.4, 0.5) is 4.39 Å². The summed E-state index contributed by atoms with van der Waals surface area (Å²) in [5.74, 6) is -0.241. The fourth-order valence-electron chi connectivity index (χ4n) is 2.42. The zero-order chi connectivity index (χ0) is 13.0. The van der Waals surface area contributed by atoms with Gasteiger partial charge in [0.1, 0.15) is 5.82 Å². The first-order valence-corrected chi connectivity index (χ1v) is 7.37. The van der Waals surface area contributed by atoms with Gasteiger partial charge in [-0.25, -0.2) is 4.39 Å². The summed E-state index contributed by atoms with van der Waals surface area (Å²) in [6.07, 6.45) is 9.42. The summed E-state index contributed by atoms with van der Waals surface area (Å²) in [4.78, 5) is 0. The first kappa shape index (κ1) is 13.8. The van der Waals surface area contributed by atoms with Crippen LogP contribution in [-0.2, 0) is 0 Å². The Hall–Kier alpha value is -0.670. The second kappa shape index (κ2) is 6.48. The van der Waals surface area contributed by atoms with Gasteiger partial charge in [-0.2, -0.15) is 0 Å². The van der Waals surface area contributed by atoms with Gasteiger partial charge < -0.3 is 5.73 Å². The van der Waals surface area contributed by atoms with Crippen molar-refractivity contribution in [2.75, 3.05) is 0 Å². The van der Waals surface area contributed by atoms with Crippen LogP contribution in [-0.4, -0.2) is 0 Å². The minimum absolute atomic E-state index is 0.161. The Balaban J connectivity index is 2.18. The number of hydrogen-bond donors (Lipinski definition) is 1. The minimum atomic E-state index is -0.241. The van der Waals surface area contributed by atoms with E-state index >= 15 is 0 Å². The van der Waals surface area contributed by atoms with Crippen molar-refractivity contribution in [1.29, 1.82) is 0 Å². The van der Waals surface area contributed by atoms with E-state index in [-0.39, 0.29) is 11.9 Å². The lowest BCUT2D eigenvalue weighted by Crippen LogP contribution is -2.14. The summed E-state index contributed by atoms with van der Waals surface area (Å²) in [5.41, 5.74) is 8.38. The SMILES string of the molecule is NC(/C1=C/CCCCCC1)c1ccc(Br)c(F)c1. The zero-order valence-electron chi connectivity index (χ0n) is 10.5. The van der Waals surface area contributed by atoms with Gasteiger partial charge in [-0.15, -0.1) is 0 Å². The maximum Gasteiger partial charge on any atom is 0.137 e. The highest BCUT2D eigenvalue weighted by Crippen LogP contribution is 2.28. The van der Waals surface area contributed by atoms with Crippen LogP contribution in [0.15, 0.2) is 34.3 Å². The maximum atomic E-state index is 13.5. The summed E-state index contributed by atoms with van der Waals surface area (Å²) < 4.78 is 14.0. The van der Waals surface area contributed by atoms with Gasteiger partial charge in [0.25, 0.3) is 0 Å². The molecule has 0 spiro atoms. The fraction of sp³-hybridized carbons (Fsp3) is 0.467. The highest BCUT2D eigenvalue weighted by atomic mass is 79.9. The molecule has 1 aromatic rings. The van der Waals surface area contributed by atoms with Crippen LogP contribution in [0.25, 0.3) is 0 Å². The summed E-state index contributed by atoms with van der Waals surface area (Å²) >= 11 is 3.17. The van der Waals surface area contributed by atoms with E-state index in [0.717, 1.165) is 18.4 Å². The minimum Gasteiger partial charge on any atom is -0.321 e. The molecule has 1 aliphatic carbocycles. The zero-order valence-corrected chi connectivity index (χ0v) is 12.0. The summed E-state index contributed by atoms with van der Waals surface area (Å²) in [6.45, 7) is 0. The van der Waals surface area contributed by atoms with Crippen LogP contribution in [0.1, 0.15) is 50.1 Å². The second-order valence-electron chi connectivity index (χ2n) is 4.88. The second-order valence-corrected chi connectivity index (χ2v) is 5.74. The van der Waals surface area contributed by atoms with E-state index in [1.807, 2.05) is 6.07 Å². The van der Waals surface area contributed by atoms with Crippen LogP contribution in [0.3, 0.4) is 0 Å². The molecule has 1 unspecified atom stereocenters. The standard InChI is InChI=1S/C15H19BrFN/c16-13-9-8-12(10-14(13)17)15(18)11-6-4-2-1-3-5-7-11/h6,8-10,15H,1-5,7,18H2/b11-6+. The van der Waals surface area contributed by atoms with Crippen molar-refractivity contribution in [1.82, 2.24) is 0 Å². The molecule has 0 radical (unpaired) electrons. The molecule has 0 heterocycles. The summed E-state index contributed by atoms with van der Waals surface area (Å²) in [5, 5.41) is 0. The van der Waals surface area contributed by atoms with E-state index in [1.54, 1.807) is 6.07 Å². The fourth-order valence-corrected chi connectivity index (χ4v) is 2.67. The third-order valence-corrected chi connectivity index (χ3v) is 4.17. The topological polar surface area (TPSA) is 26.0 Å². The molecule has 0 aliphatic heterocycles. The number of rotatable bonds is 2. The van der Waals surface area contributed by atoms with Gasteiger partial charge in [-0.3, -0.25) is 0 Å². The normalized spacial score (nSPS) is 21.6. The van der Waals surface area contributed by atoms with Crippen molar-refractivity contribution < 1.29 is 4.39 Å². The van der Waals surface area contributed by atoms with Crippen LogP contribution in [0.2, 0.25) is 0 Å². The Labute approximate surface area is 116 Å². The predicted octanol–water partition coefficient (Wildman–Crippen LogP) is 4.87. The first-order chi connectivity index (χ1) is 8.68. The van der Waals surface area contributed by atoms with Gasteiger partial charge in [0, 0.05) is 0 Å². The molecule has 0 aromatic heterocycles. The first-order valence-electron chi connectivity index (χ1n) is 6.58. The van der Waals surface area contributed by atoms with Crippen molar-refractivity contribution in [3.8, 4) is 0 Å². The molecule has 0 bridgehead atoms. The third kappa shape index (κ3) is 3.42. The molecule has 18 heavy (non-hydrogen) atoms. The molecular weight excluding hydrogens is 293 g/mol. The van der Waals surface area contributed by atoms with Crippen molar-refractivity contribution in [3.63, 3.8) is 0 Å². The molecule has 2 N–H and O–H groups in total. The maximum absolute atomic E-state index is 13.5. The highest BCUT2D eigenvalue weighted by molar-refractivity contribution is 9.10. The lowest BCUT2D eigenvalue weighted by molar-refractivity contribution is 0.596. The molecule has 98 valence electrons. The highest BCUT2D eigenvalue weighted by Gasteiger charge is 2.14. The number of nitrogens with two attached hydrogens (primary N) is 1. The third-order valence-electron chi connectivity index (χ3n) is 3.53. The average Bonchev–Trinajstić information content (AvgIpc) is 2.31. The molecule has 1 atom stereocenters. The molecule has 0 fully saturated rings. The monoisotopic (exact) mass is 311 g/mol. The molecule has 0 saturated heterocycles. The van der Waals surface area contributed by atoms with E-state index < -0.39 is 0 Å². The molecule has 1 aliphatic rings. The van der Waals surface area contributed by atoms with E-state index in [2.05, 4.69) is 22.0 Å².